The van der Waals surface area contributed by atoms with Crippen molar-refractivity contribution in [3.8, 4) is 0 Å². The first-order valence-electron chi connectivity index (χ1n) is 9.13. The van der Waals surface area contributed by atoms with Gasteiger partial charge in [-0.25, -0.2) is 4.79 Å². The van der Waals surface area contributed by atoms with Crippen LogP contribution in [-0.2, 0) is 9.53 Å². The average molecular weight is 394 g/mol. The number of hydrogen-bond donors (Lipinski definition) is 0. The molecule has 1 aromatic carbocycles. The zero-order valence-electron chi connectivity index (χ0n) is 16.1. The van der Waals surface area contributed by atoms with Crippen LogP contribution in [0.15, 0.2) is 18.2 Å². The molecule has 0 spiro atoms. The standard InChI is InChI=1S/C19H26N2O5S/c1-5-6-9-26-19(23)16-11-27-18(12(2)3)20(16)17(22)14-8-7-13(4)15(10-14)21(24)25/h7-8,10,12,16,18H,5-6,9,11H2,1-4H3. The number of thioether (sulfide) groups is 1. The SMILES string of the molecule is CCCCOC(=O)C1CSC(C(C)C)N1C(=O)c1ccc(C)c([N+](=O)[O-])c1. The Hall–Kier alpha value is -2.09. The number of rotatable bonds is 7. The summed E-state index contributed by atoms with van der Waals surface area (Å²) >= 11 is 1.54. The van der Waals surface area contributed by atoms with E-state index in [9.17, 15) is 19.7 Å². The second-order valence-electron chi connectivity index (χ2n) is 6.98. The van der Waals surface area contributed by atoms with Gasteiger partial charge in [-0.15, -0.1) is 11.8 Å². The lowest BCUT2D eigenvalue weighted by molar-refractivity contribution is -0.385. The van der Waals surface area contributed by atoms with Crippen molar-refractivity contribution in [2.45, 2.75) is 52.0 Å². The molecule has 1 fully saturated rings. The Morgan fingerprint density at radius 2 is 2.11 bits per heavy atom. The maximum absolute atomic E-state index is 13.2. The summed E-state index contributed by atoms with van der Waals surface area (Å²) in [6.45, 7) is 7.94. The Kier molecular flexibility index (Phi) is 7.24. The number of nitrogens with zero attached hydrogens (tertiary/aromatic N) is 2. The van der Waals surface area contributed by atoms with Gasteiger partial charge < -0.3 is 9.64 Å². The lowest BCUT2D eigenvalue weighted by Gasteiger charge is -2.30. The number of unbranched alkanes of at least 4 members (excludes halogenated alkanes) is 1. The van der Waals surface area contributed by atoms with Crippen molar-refractivity contribution in [3.05, 3.63) is 39.4 Å². The van der Waals surface area contributed by atoms with E-state index in [1.165, 1.54) is 11.0 Å². The summed E-state index contributed by atoms with van der Waals surface area (Å²) in [5.41, 5.74) is 0.603. The minimum Gasteiger partial charge on any atom is -0.464 e. The zero-order valence-corrected chi connectivity index (χ0v) is 17.0. The van der Waals surface area contributed by atoms with E-state index in [0.29, 0.717) is 17.9 Å². The summed E-state index contributed by atoms with van der Waals surface area (Å²) in [5, 5.41) is 11.0. The van der Waals surface area contributed by atoms with Crippen LogP contribution in [0.5, 0.6) is 0 Å². The molecule has 0 aliphatic carbocycles. The smallest absolute Gasteiger partial charge is 0.329 e. The average Bonchev–Trinajstić information content (AvgIpc) is 3.06. The molecule has 2 unspecified atom stereocenters. The van der Waals surface area contributed by atoms with Gasteiger partial charge in [0.05, 0.1) is 16.9 Å². The van der Waals surface area contributed by atoms with E-state index in [1.54, 1.807) is 30.8 Å². The van der Waals surface area contributed by atoms with Crippen LogP contribution in [-0.4, -0.2) is 45.5 Å². The summed E-state index contributed by atoms with van der Waals surface area (Å²) < 4.78 is 5.34. The number of aryl methyl sites for hydroxylation is 1. The van der Waals surface area contributed by atoms with E-state index in [4.69, 9.17) is 4.74 Å². The molecule has 1 heterocycles. The van der Waals surface area contributed by atoms with Crippen LogP contribution in [0.4, 0.5) is 5.69 Å². The van der Waals surface area contributed by atoms with Gasteiger partial charge in [-0.1, -0.05) is 33.3 Å². The van der Waals surface area contributed by atoms with Gasteiger partial charge in [-0.2, -0.15) is 0 Å². The second kappa shape index (κ2) is 9.21. The maximum Gasteiger partial charge on any atom is 0.329 e. The molecule has 8 heteroatoms. The number of carbonyl (C=O) groups excluding carboxylic acids is 2. The predicted octanol–water partition coefficient (Wildman–Crippen LogP) is 3.79. The van der Waals surface area contributed by atoms with Gasteiger partial charge in [-0.05, 0) is 25.3 Å². The highest BCUT2D eigenvalue weighted by molar-refractivity contribution is 8.00. The van der Waals surface area contributed by atoms with Crippen LogP contribution >= 0.6 is 11.8 Å². The molecule has 2 rings (SSSR count). The maximum atomic E-state index is 13.2. The first-order valence-corrected chi connectivity index (χ1v) is 10.2. The number of carbonyl (C=O) groups is 2. The second-order valence-corrected chi connectivity index (χ2v) is 8.13. The van der Waals surface area contributed by atoms with Crippen molar-refractivity contribution < 1.29 is 19.2 Å². The summed E-state index contributed by atoms with van der Waals surface area (Å²) in [7, 11) is 0. The zero-order chi connectivity index (χ0) is 20.1. The molecule has 0 N–H and O–H groups in total. The molecule has 0 radical (unpaired) electrons. The third-order valence-corrected chi connectivity index (χ3v) is 6.13. The number of nitro benzene ring substituents is 1. The third-order valence-electron chi connectivity index (χ3n) is 4.51. The van der Waals surface area contributed by atoms with E-state index < -0.39 is 16.9 Å². The molecule has 1 aliphatic heterocycles. The molecular formula is C19H26N2O5S. The molecule has 0 saturated carbocycles. The summed E-state index contributed by atoms with van der Waals surface area (Å²) in [5.74, 6) is -0.186. The number of nitro groups is 1. The lowest BCUT2D eigenvalue weighted by Crippen LogP contribution is -2.47. The van der Waals surface area contributed by atoms with Gasteiger partial charge >= 0.3 is 5.97 Å². The van der Waals surface area contributed by atoms with Gasteiger partial charge in [0.2, 0.25) is 0 Å². The van der Waals surface area contributed by atoms with Crippen LogP contribution in [0.1, 0.15) is 49.5 Å². The van der Waals surface area contributed by atoms with Crippen LogP contribution in [0.25, 0.3) is 0 Å². The molecule has 1 aliphatic rings. The Bertz CT molecular complexity index is 722. The minimum absolute atomic E-state index is 0.101. The van der Waals surface area contributed by atoms with Crippen LogP contribution in [0.3, 0.4) is 0 Å². The Labute approximate surface area is 163 Å². The highest BCUT2D eigenvalue weighted by Gasteiger charge is 2.44. The first-order chi connectivity index (χ1) is 12.8. The lowest BCUT2D eigenvalue weighted by atomic mass is 10.1. The first kappa shape index (κ1) is 21.2. The summed E-state index contributed by atoms with van der Waals surface area (Å²) in [4.78, 5) is 38.0. The fourth-order valence-corrected chi connectivity index (χ4v) is 4.45. The van der Waals surface area contributed by atoms with Gasteiger partial charge in [0.25, 0.3) is 11.6 Å². The summed E-state index contributed by atoms with van der Waals surface area (Å²) in [6.07, 6.45) is 1.69. The molecule has 27 heavy (non-hydrogen) atoms. The van der Waals surface area contributed by atoms with E-state index in [2.05, 4.69) is 0 Å². The van der Waals surface area contributed by atoms with Gasteiger partial charge in [0, 0.05) is 22.9 Å². The monoisotopic (exact) mass is 394 g/mol. The predicted molar refractivity (Wildman–Crippen MR) is 105 cm³/mol. The molecule has 7 nitrogen and oxygen atoms in total. The Morgan fingerprint density at radius 1 is 1.41 bits per heavy atom. The summed E-state index contributed by atoms with van der Waals surface area (Å²) in [6, 6.07) is 3.75. The molecule has 0 aromatic heterocycles. The van der Waals surface area contributed by atoms with Gasteiger partial charge in [0.1, 0.15) is 6.04 Å². The van der Waals surface area contributed by atoms with Crippen molar-refractivity contribution in [3.63, 3.8) is 0 Å². The van der Waals surface area contributed by atoms with E-state index in [1.807, 2.05) is 20.8 Å². The molecule has 1 aromatic rings. The van der Waals surface area contributed by atoms with Crippen molar-refractivity contribution in [1.82, 2.24) is 4.90 Å². The quantitative estimate of drug-likeness (QED) is 0.302. The van der Waals surface area contributed by atoms with Crippen molar-refractivity contribution >= 4 is 29.3 Å². The number of amides is 1. The van der Waals surface area contributed by atoms with Crippen molar-refractivity contribution in [2.75, 3.05) is 12.4 Å². The normalized spacial score (nSPS) is 19.4. The number of hydrogen-bond acceptors (Lipinski definition) is 6. The topological polar surface area (TPSA) is 89.8 Å². The Morgan fingerprint density at radius 3 is 2.70 bits per heavy atom. The number of esters is 1. The molecule has 0 bridgehead atoms. The van der Waals surface area contributed by atoms with Gasteiger partial charge in [-0.3, -0.25) is 14.9 Å². The molecule has 2 atom stereocenters. The van der Waals surface area contributed by atoms with E-state index in [0.717, 1.165) is 12.8 Å². The highest BCUT2D eigenvalue weighted by Crippen LogP contribution is 2.36. The third kappa shape index (κ3) is 4.80. The van der Waals surface area contributed by atoms with E-state index >= 15 is 0 Å². The van der Waals surface area contributed by atoms with E-state index in [-0.39, 0.29) is 28.4 Å². The van der Waals surface area contributed by atoms with Crippen LogP contribution in [0, 0.1) is 23.0 Å². The van der Waals surface area contributed by atoms with Crippen molar-refractivity contribution in [2.24, 2.45) is 5.92 Å². The number of ether oxygens (including phenoxy) is 1. The van der Waals surface area contributed by atoms with Crippen LogP contribution in [0.2, 0.25) is 0 Å². The van der Waals surface area contributed by atoms with Crippen molar-refractivity contribution in [1.29, 1.82) is 0 Å². The minimum atomic E-state index is -0.674. The molecule has 148 valence electrons. The van der Waals surface area contributed by atoms with Crippen LogP contribution < -0.4 is 0 Å². The molecule has 1 saturated heterocycles. The molecule has 1 amide bonds. The highest BCUT2D eigenvalue weighted by atomic mass is 32.2. The fraction of sp³-hybridized carbons (Fsp3) is 0.579. The number of benzene rings is 1. The van der Waals surface area contributed by atoms with Gasteiger partial charge in [0.15, 0.2) is 0 Å². The fourth-order valence-electron chi connectivity index (χ4n) is 2.98. The largest absolute Gasteiger partial charge is 0.464 e. The molecular weight excluding hydrogens is 368 g/mol. The Balaban J connectivity index is 2.31.